The standard InChI is InChI=1S/C13H25NO2/c1-11(10-12-2-3-12)14-13(4-7-15)5-8-16-9-6-13/h11-12,14-15H,2-10H2,1H3. The molecule has 0 spiro atoms. The lowest BCUT2D eigenvalue weighted by Crippen LogP contribution is -2.53. The predicted octanol–water partition coefficient (Wildman–Crippen LogP) is 1.70. The number of hydrogen-bond donors (Lipinski definition) is 2. The molecule has 1 saturated heterocycles. The van der Waals surface area contributed by atoms with Crippen LogP contribution >= 0.6 is 0 Å². The van der Waals surface area contributed by atoms with E-state index in [4.69, 9.17) is 4.74 Å². The van der Waals surface area contributed by atoms with Crippen LogP contribution in [0.1, 0.15) is 45.4 Å². The smallest absolute Gasteiger partial charge is 0.0483 e. The van der Waals surface area contributed by atoms with Crippen molar-refractivity contribution in [1.29, 1.82) is 0 Å². The fraction of sp³-hybridized carbons (Fsp3) is 1.00. The van der Waals surface area contributed by atoms with E-state index in [0.29, 0.717) is 6.04 Å². The Kier molecular flexibility index (Phi) is 4.22. The van der Waals surface area contributed by atoms with E-state index in [1.54, 1.807) is 0 Å². The van der Waals surface area contributed by atoms with Gasteiger partial charge in [-0.1, -0.05) is 12.8 Å². The summed E-state index contributed by atoms with van der Waals surface area (Å²) in [6.07, 6.45) is 7.09. The Morgan fingerprint density at radius 3 is 2.62 bits per heavy atom. The molecule has 1 saturated carbocycles. The van der Waals surface area contributed by atoms with E-state index < -0.39 is 0 Å². The van der Waals surface area contributed by atoms with Crippen molar-refractivity contribution in [2.75, 3.05) is 19.8 Å². The van der Waals surface area contributed by atoms with Crippen molar-refractivity contribution in [3.8, 4) is 0 Å². The molecule has 2 N–H and O–H groups in total. The summed E-state index contributed by atoms with van der Waals surface area (Å²) in [6.45, 7) is 4.24. The normalized spacial score (nSPS) is 26.6. The second-order valence-corrected chi connectivity index (χ2v) is 5.59. The van der Waals surface area contributed by atoms with Gasteiger partial charge in [-0.3, -0.25) is 0 Å². The molecule has 0 aromatic rings. The number of hydrogen-bond acceptors (Lipinski definition) is 3. The van der Waals surface area contributed by atoms with Gasteiger partial charge in [0.1, 0.15) is 0 Å². The molecule has 0 amide bonds. The van der Waals surface area contributed by atoms with Crippen LogP contribution in [-0.4, -0.2) is 36.5 Å². The van der Waals surface area contributed by atoms with Gasteiger partial charge in [0.05, 0.1) is 0 Å². The summed E-state index contributed by atoms with van der Waals surface area (Å²) in [5.74, 6) is 0.966. The SMILES string of the molecule is CC(CC1CC1)NC1(CCO)CCOCC1. The third-order valence-corrected chi connectivity index (χ3v) is 3.98. The van der Waals surface area contributed by atoms with E-state index in [1.165, 1.54) is 19.3 Å². The van der Waals surface area contributed by atoms with Crippen LogP contribution in [0.5, 0.6) is 0 Å². The van der Waals surface area contributed by atoms with Gasteiger partial charge in [0.15, 0.2) is 0 Å². The maximum Gasteiger partial charge on any atom is 0.0483 e. The van der Waals surface area contributed by atoms with Crippen molar-refractivity contribution >= 4 is 0 Å². The van der Waals surface area contributed by atoms with Gasteiger partial charge in [0.25, 0.3) is 0 Å². The van der Waals surface area contributed by atoms with Gasteiger partial charge in [-0.05, 0) is 38.5 Å². The monoisotopic (exact) mass is 227 g/mol. The van der Waals surface area contributed by atoms with E-state index >= 15 is 0 Å². The molecule has 0 aromatic carbocycles. The molecular formula is C13H25NO2. The minimum atomic E-state index is 0.140. The average molecular weight is 227 g/mol. The molecule has 1 unspecified atom stereocenters. The summed E-state index contributed by atoms with van der Waals surface area (Å²) >= 11 is 0. The van der Waals surface area contributed by atoms with Gasteiger partial charge in [-0.15, -0.1) is 0 Å². The number of rotatable bonds is 6. The van der Waals surface area contributed by atoms with Gasteiger partial charge >= 0.3 is 0 Å². The first kappa shape index (κ1) is 12.3. The highest BCUT2D eigenvalue weighted by molar-refractivity contribution is 4.92. The number of ether oxygens (including phenoxy) is 1. The summed E-state index contributed by atoms with van der Waals surface area (Å²) in [5.41, 5.74) is 0.140. The highest BCUT2D eigenvalue weighted by atomic mass is 16.5. The third kappa shape index (κ3) is 3.44. The summed E-state index contributed by atoms with van der Waals surface area (Å²) in [7, 11) is 0. The molecule has 2 fully saturated rings. The summed E-state index contributed by atoms with van der Waals surface area (Å²) in [5, 5.41) is 13.0. The Hall–Kier alpha value is -0.120. The summed E-state index contributed by atoms with van der Waals surface area (Å²) in [6, 6.07) is 0.581. The molecule has 3 nitrogen and oxygen atoms in total. The zero-order valence-electron chi connectivity index (χ0n) is 10.4. The molecule has 1 heterocycles. The Morgan fingerprint density at radius 1 is 1.38 bits per heavy atom. The van der Waals surface area contributed by atoms with Gasteiger partial charge in [0, 0.05) is 31.4 Å². The van der Waals surface area contributed by atoms with Crippen LogP contribution in [-0.2, 0) is 4.74 Å². The largest absolute Gasteiger partial charge is 0.396 e. The molecule has 2 aliphatic rings. The summed E-state index contributed by atoms with van der Waals surface area (Å²) in [4.78, 5) is 0. The predicted molar refractivity (Wildman–Crippen MR) is 64.4 cm³/mol. The number of aliphatic hydroxyl groups is 1. The van der Waals surface area contributed by atoms with Crippen LogP contribution in [0, 0.1) is 5.92 Å². The first-order chi connectivity index (χ1) is 7.74. The zero-order valence-corrected chi connectivity index (χ0v) is 10.4. The maximum atomic E-state index is 9.21. The van der Waals surface area contributed by atoms with Crippen LogP contribution in [0.2, 0.25) is 0 Å². The second kappa shape index (κ2) is 5.48. The lowest BCUT2D eigenvalue weighted by Gasteiger charge is -2.40. The molecule has 0 bridgehead atoms. The van der Waals surface area contributed by atoms with Crippen molar-refractivity contribution in [1.82, 2.24) is 5.32 Å². The van der Waals surface area contributed by atoms with E-state index in [9.17, 15) is 5.11 Å². The van der Waals surface area contributed by atoms with Crippen molar-refractivity contribution in [3.05, 3.63) is 0 Å². The van der Waals surface area contributed by atoms with Crippen LogP contribution in [0.4, 0.5) is 0 Å². The molecule has 1 atom stereocenters. The third-order valence-electron chi connectivity index (χ3n) is 3.98. The molecule has 16 heavy (non-hydrogen) atoms. The van der Waals surface area contributed by atoms with E-state index in [2.05, 4.69) is 12.2 Å². The molecule has 94 valence electrons. The summed E-state index contributed by atoms with van der Waals surface area (Å²) < 4.78 is 5.42. The van der Waals surface area contributed by atoms with Crippen molar-refractivity contribution in [3.63, 3.8) is 0 Å². The van der Waals surface area contributed by atoms with Crippen molar-refractivity contribution in [2.24, 2.45) is 5.92 Å². The van der Waals surface area contributed by atoms with Crippen molar-refractivity contribution in [2.45, 2.75) is 57.0 Å². The topological polar surface area (TPSA) is 41.5 Å². The fourth-order valence-corrected chi connectivity index (χ4v) is 2.88. The molecule has 3 heteroatoms. The number of nitrogens with one attached hydrogen (secondary N) is 1. The maximum absolute atomic E-state index is 9.21. The minimum absolute atomic E-state index is 0.140. The van der Waals surface area contributed by atoms with Crippen LogP contribution in [0.25, 0.3) is 0 Å². The lowest BCUT2D eigenvalue weighted by atomic mass is 9.85. The fourth-order valence-electron chi connectivity index (χ4n) is 2.88. The Balaban J connectivity index is 1.84. The second-order valence-electron chi connectivity index (χ2n) is 5.59. The molecule has 0 radical (unpaired) electrons. The quantitative estimate of drug-likeness (QED) is 0.725. The number of aliphatic hydroxyl groups excluding tert-OH is 1. The highest BCUT2D eigenvalue weighted by Gasteiger charge is 2.34. The molecule has 2 rings (SSSR count). The van der Waals surface area contributed by atoms with Gasteiger partial charge in [-0.25, -0.2) is 0 Å². The minimum Gasteiger partial charge on any atom is -0.396 e. The van der Waals surface area contributed by atoms with Crippen LogP contribution < -0.4 is 5.32 Å². The zero-order chi connectivity index (χ0) is 11.4. The molecule has 1 aliphatic carbocycles. The molecule has 1 aliphatic heterocycles. The van der Waals surface area contributed by atoms with Gasteiger partial charge < -0.3 is 15.2 Å². The Morgan fingerprint density at radius 2 is 2.06 bits per heavy atom. The average Bonchev–Trinajstić information content (AvgIpc) is 3.03. The van der Waals surface area contributed by atoms with Crippen molar-refractivity contribution < 1.29 is 9.84 Å². The van der Waals surface area contributed by atoms with Gasteiger partial charge in [-0.2, -0.15) is 0 Å². The van der Waals surface area contributed by atoms with Gasteiger partial charge in [0.2, 0.25) is 0 Å². The van der Waals surface area contributed by atoms with E-state index in [-0.39, 0.29) is 12.1 Å². The first-order valence-electron chi connectivity index (χ1n) is 6.70. The first-order valence-corrected chi connectivity index (χ1v) is 6.70. The molecule has 0 aromatic heterocycles. The van der Waals surface area contributed by atoms with Crippen LogP contribution in [0.15, 0.2) is 0 Å². The lowest BCUT2D eigenvalue weighted by molar-refractivity contribution is 0.0225. The van der Waals surface area contributed by atoms with Crippen LogP contribution in [0.3, 0.4) is 0 Å². The highest BCUT2D eigenvalue weighted by Crippen LogP contribution is 2.34. The Bertz CT molecular complexity index is 204. The van der Waals surface area contributed by atoms with E-state index in [0.717, 1.165) is 38.4 Å². The van der Waals surface area contributed by atoms with E-state index in [1.807, 2.05) is 0 Å². The Labute approximate surface area is 98.6 Å². The molecular weight excluding hydrogens is 202 g/mol.